The maximum absolute atomic E-state index is 11.1. The van der Waals surface area contributed by atoms with E-state index in [0.717, 1.165) is 11.1 Å². The summed E-state index contributed by atoms with van der Waals surface area (Å²) < 4.78 is 5.70. The number of phenolic OH excluding ortho intramolecular Hbond substituents is 1. The van der Waals surface area contributed by atoms with Gasteiger partial charge in [0.25, 0.3) is 0 Å². The fraction of sp³-hybridized carbons (Fsp3) is 0.364. The van der Waals surface area contributed by atoms with Crippen LogP contribution < -0.4 is 4.74 Å². The second kappa shape index (κ2) is 4.66. The standard InChI is InChI=1S/C11H13BrO3/c1-6-4-9(14)11(15-3)10(12)8(6)5-7(2)13/h4,14H,5H2,1-3H3. The van der Waals surface area contributed by atoms with Gasteiger partial charge in [-0.15, -0.1) is 0 Å². The van der Waals surface area contributed by atoms with E-state index in [4.69, 9.17) is 4.74 Å². The number of hydrogen-bond donors (Lipinski definition) is 1. The Morgan fingerprint density at radius 3 is 2.67 bits per heavy atom. The zero-order valence-electron chi connectivity index (χ0n) is 8.93. The second-order valence-corrected chi connectivity index (χ2v) is 4.21. The van der Waals surface area contributed by atoms with Gasteiger partial charge < -0.3 is 9.84 Å². The number of methoxy groups -OCH3 is 1. The maximum atomic E-state index is 11.1. The quantitative estimate of drug-likeness (QED) is 0.920. The highest BCUT2D eigenvalue weighted by Crippen LogP contribution is 2.39. The van der Waals surface area contributed by atoms with E-state index in [-0.39, 0.29) is 11.5 Å². The summed E-state index contributed by atoms with van der Waals surface area (Å²) in [6, 6.07) is 1.60. The lowest BCUT2D eigenvalue weighted by molar-refractivity contribution is -0.116. The van der Waals surface area contributed by atoms with Gasteiger partial charge in [0.1, 0.15) is 5.78 Å². The molecule has 0 atom stereocenters. The number of Topliss-reactive ketones (excluding diaryl/α,β-unsaturated/α-hetero) is 1. The Balaban J connectivity index is 3.32. The SMILES string of the molecule is COc1c(O)cc(C)c(CC(C)=O)c1Br. The van der Waals surface area contributed by atoms with Gasteiger partial charge in [-0.2, -0.15) is 0 Å². The number of ketones is 1. The number of ether oxygens (including phenoxy) is 1. The monoisotopic (exact) mass is 272 g/mol. The Kier molecular flexibility index (Phi) is 3.74. The first-order valence-electron chi connectivity index (χ1n) is 4.51. The van der Waals surface area contributed by atoms with Crippen LogP contribution in [-0.2, 0) is 11.2 Å². The van der Waals surface area contributed by atoms with Crippen molar-refractivity contribution in [3.05, 3.63) is 21.7 Å². The molecule has 1 rings (SSSR count). The number of hydrogen-bond acceptors (Lipinski definition) is 3. The molecule has 1 aromatic rings. The Hall–Kier alpha value is -1.03. The number of aryl methyl sites for hydroxylation is 1. The molecule has 0 radical (unpaired) electrons. The number of carbonyl (C=O) groups is 1. The van der Waals surface area contributed by atoms with Crippen LogP contribution in [-0.4, -0.2) is 18.0 Å². The van der Waals surface area contributed by atoms with E-state index in [1.54, 1.807) is 6.07 Å². The largest absolute Gasteiger partial charge is 0.504 e. The molecule has 15 heavy (non-hydrogen) atoms. The molecule has 82 valence electrons. The third kappa shape index (κ3) is 2.50. The number of carbonyl (C=O) groups excluding carboxylic acids is 1. The molecule has 0 aromatic heterocycles. The van der Waals surface area contributed by atoms with E-state index in [1.165, 1.54) is 14.0 Å². The smallest absolute Gasteiger partial charge is 0.174 e. The Morgan fingerprint density at radius 1 is 1.60 bits per heavy atom. The topological polar surface area (TPSA) is 46.5 Å². The zero-order chi connectivity index (χ0) is 11.6. The van der Waals surface area contributed by atoms with Crippen LogP contribution in [0.2, 0.25) is 0 Å². The maximum Gasteiger partial charge on any atom is 0.174 e. The average molecular weight is 273 g/mol. The molecule has 0 amide bonds. The summed E-state index contributed by atoms with van der Waals surface area (Å²) in [6.07, 6.45) is 0.336. The second-order valence-electron chi connectivity index (χ2n) is 3.42. The Labute approximate surface area is 97.2 Å². The number of phenols is 1. The molecule has 0 fully saturated rings. The van der Waals surface area contributed by atoms with Crippen LogP contribution in [0.5, 0.6) is 11.5 Å². The van der Waals surface area contributed by atoms with Crippen LogP contribution >= 0.6 is 15.9 Å². The lowest BCUT2D eigenvalue weighted by Crippen LogP contribution is -2.01. The van der Waals surface area contributed by atoms with Crippen molar-refractivity contribution >= 4 is 21.7 Å². The molecule has 0 spiro atoms. The number of rotatable bonds is 3. The molecule has 0 aliphatic rings. The Morgan fingerprint density at radius 2 is 2.20 bits per heavy atom. The van der Waals surface area contributed by atoms with Gasteiger partial charge in [-0.3, -0.25) is 4.79 Å². The highest BCUT2D eigenvalue weighted by Gasteiger charge is 2.15. The molecule has 0 heterocycles. The minimum Gasteiger partial charge on any atom is -0.504 e. The fourth-order valence-corrected chi connectivity index (χ4v) is 2.26. The van der Waals surface area contributed by atoms with Gasteiger partial charge in [0, 0.05) is 6.42 Å². The van der Waals surface area contributed by atoms with Crippen molar-refractivity contribution in [2.24, 2.45) is 0 Å². The van der Waals surface area contributed by atoms with Crippen LogP contribution in [0.4, 0.5) is 0 Å². The van der Waals surface area contributed by atoms with E-state index in [2.05, 4.69) is 15.9 Å². The van der Waals surface area contributed by atoms with Crippen LogP contribution in [0.3, 0.4) is 0 Å². The molecule has 3 nitrogen and oxygen atoms in total. The molecule has 0 aliphatic heterocycles. The van der Waals surface area contributed by atoms with Crippen molar-refractivity contribution in [3.8, 4) is 11.5 Å². The molecule has 0 aliphatic carbocycles. The first-order valence-corrected chi connectivity index (χ1v) is 5.31. The first-order chi connectivity index (χ1) is 6.97. The van der Waals surface area contributed by atoms with E-state index >= 15 is 0 Å². The predicted molar refractivity (Wildman–Crippen MR) is 61.5 cm³/mol. The fourth-order valence-electron chi connectivity index (χ4n) is 1.44. The summed E-state index contributed by atoms with van der Waals surface area (Å²) in [5.74, 6) is 0.526. The van der Waals surface area contributed by atoms with Gasteiger partial charge in [0.05, 0.1) is 11.6 Å². The van der Waals surface area contributed by atoms with E-state index < -0.39 is 0 Å². The highest BCUT2D eigenvalue weighted by molar-refractivity contribution is 9.10. The summed E-state index contributed by atoms with van der Waals surface area (Å²) in [5, 5.41) is 9.59. The van der Waals surface area contributed by atoms with Crippen molar-refractivity contribution < 1.29 is 14.6 Å². The molecule has 0 saturated carbocycles. The lowest BCUT2D eigenvalue weighted by atomic mass is 10.0. The molecule has 1 aromatic carbocycles. The van der Waals surface area contributed by atoms with Gasteiger partial charge in [-0.1, -0.05) is 0 Å². The molecular formula is C11H13BrO3. The Bertz CT molecular complexity index is 399. The van der Waals surface area contributed by atoms with Gasteiger partial charge in [-0.05, 0) is 47.0 Å². The van der Waals surface area contributed by atoms with Crippen LogP contribution in [0, 0.1) is 6.92 Å². The highest BCUT2D eigenvalue weighted by atomic mass is 79.9. The minimum atomic E-state index is 0.0755. The number of benzene rings is 1. The van der Waals surface area contributed by atoms with Gasteiger partial charge >= 0.3 is 0 Å². The van der Waals surface area contributed by atoms with E-state index in [1.807, 2.05) is 6.92 Å². The summed E-state index contributed by atoms with van der Waals surface area (Å²) in [7, 11) is 1.48. The summed E-state index contributed by atoms with van der Waals surface area (Å²) in [6.45, 7) is 3.38. The van der Waals surface area contributed by atoms with Crippen molar-refractivity contribution in [1.29, 1.82) is 0 Å². The van der Waals surface area contributed by atoms with Crippen molar-refractivity contribution in [2.75, 3.05) is 7.11 Å². The van der Waals surface area contributed by atoms with Crippen LogP contribution in [0.25, 0.3) is 0 Å². The third-order valence-corrected chi connectivity index (χ3v) is 2.99. The summed E-state index contributed by atoms with van der Waals surface area (Å²) >= 11 is 3.33. The molecule has 0 unspecified atom stereocenters. The molecule has 4 heteroatoms. The zero-order valence-corrected chi connectivity index (χ0v) is 10.5. The van der Waals surface area contributed by atoms with Crippen LogP contribution in [0.15, 0.2) is 10.5 Å². The van der Waals surface area contributed by atoms with E-state index in [0.29, 0.717) is 16.6 Å². The first kappa shape index (κ1) is 12.0. The molecule has 0 saturated heterocycles. The predicted octanol–water partition coefficient (Wildman–Crippen LogP) is 2.60. The molecule has 0 bridgehead atoms. The van der Waals surface area contributed by atoms with E-state index in [9.17, 15) is 9.90 Å². The molecule has 1 N–H and O–H groups in total. The van der Waals surface area contributed by atoms with Gasteiger partial charge in [-0.25, -0.2) is 0 Å². The van der Waals surface area contributed by atoms with Crippen molar-refractivity contribution in [1.82, 2.24) is 0 Å². The van der Waals surface area contributed by atoms with Crippen LogP contribution in [0.1, 0.15) is 18.1 Å². The number of halogens is 1. The normalized spacial score (nSPS) is 10.1. The van der Waals surface area contributed by atoms with Crippen molar-refractivity contribution in [3.63, 3.8) is 0 Å². The van der Waals surface area contributed by atoms with Crippen molar-refractivity contribution in [2.45, 2.75) is 20.3 Å². The third-order valence-electron chi connectivity index (χ3n) is 2.16. The summed E-state index contributed by atoms with van der Waals surface area (Å²) in [4.78, 5) is 11.1. The average Bonchev–Trinajstić information content (AvgIpc) is 2.12. The summed E-state index contributed by atoms with van der Waals surface area (Å²) in [5.41, 5.74) is 1.73. The van der Waals surface area contributed by atoms with Gasteiger partial charge in [0.15, 0.2) is 11.5 Å². The minimum absolute atomic E-state index is 0.0755. The number of aromatic hydroxyl groups is 1. The lowest BCUT2D eigenvalue weighted by Gasteiger charge is -2.12. The van der Waals surface area contributed by atoms with Gasteiger partial charge in [0.2, 0.25) is 0 Å². The molecular weight excluding hydrogens is 260 g/mol.